The van der Waals surface area contributed by atoms with Gasteiger partial charge in [-0.2, -0.15) is 5.26 Å². The van der Waals surface area contributed by atoms with Crippen LogP contribution in [0.1, 0.15) is 12.0 Å². The molecule has 1 atom stereocenters. The van der Waals surface area contributed by atoms with Crippen LogP contribution in [0.15, 0.2) is 57.7 Å². The van der Waals surface area contributed by atoms with E-state index in [9.17, 15) is 9.90 Å². The highest BCUT2D eigenvalue weighted by Gasteiger charge is 2.12. The Labute approximate surface area is 145 Å². The van der Waals surface area contributed by atoms with E-state index in [0.717, 1.165) is 16.0 Å². The van der Waals surface area contributed by atoms with Gasteiger partial charge in [0.1, 0.15) is 12.1 Å². The van der Waals surface area contributed by atoms with Crippen LogP contribution in [-0.4, -0.2) is 13.6 Å². The maximum Gasteiger partial charge on any atom is 0.336 e. The Balaban J connectivity index is 2.07. The summed E-state index contributed by atoms with van der Waals surface area (Å²) in [5.41, 5.74) is 2.04. The molecule has 25 heavy (non-hydrogen) atoms. The molecule has 5 heteroatoms. The van der Waals surface area contributed by atoms with Crippen molar-refractivity contribution in [2.45, 2.75) is 13.0 Å². The minimum Gasteiger partial charge on any atom is -0.872 e. The molecule has 0 radical (unpaired) electrons. The molecule has 0 aliphatic rings. The van der Waals surface area contributed by atoms with Crippen LogP contribution in [0.2, 0.25) is 0 Å². The molecule has 0 aliphatic carbocycles. The number of rotatable bonds is 5. The quantitative estimate of drug-likeness (QED) is 0.716. The van der Waals surface area contributed by atoms with Gasteiger partial charge in [0.05, 0.1) is 26.1 Å². The van der Waals surface area contributed by atoms with E-state index in [1.807, 2.05) is 37.4 Å². The molecule has 0 aliphatic heterocycles. The molecular weight excluding hydrogens is 316 g/mol. The zero-order valence-electron chi connectivity index (χ0n) is 13.9. The normalized spacial score (nSPS) is 12.0. The standard InChI is InChI=1S/C20H18N2O3/c1-22(9-5-8-21)13-15-10-20(24)25-19-12-16(18(23)11-17(15)19)14-6-3-2-4-7-14/h2-4,6-7,10-12,23H,5,9,13H2,1H3. The zero-order valence-corrected chi connectivity index (χ0v) is 13.9. The zero-order chi connectivity index (χ0) is 17.8. The van der Waals surface area contributed by atoms with Gasteiger partial charge in [-0.3, -0.25) is 0 Å². The second-order valence-corrected chi connectivity index (χ2v) is 6.09. The van der Waals surface area contributed by atoms with Gasteiger partial charge < -0.3 is 14.4 Å². The lowest BCUT2D eigenvalue weighted by molar-refractivity contribution is -0.893. The van der Waals surface area contributed by atoms with Gasteiger partial charge in [0.15, 0.2) is 0 Å². The van der Waals surface area contributed by atoms with Gasteiger partial charge in [0.2, 0.25) is 0 Å². The lowest BCUT2D eigenvalue weighted by Gasteiger charge is -2.17. The number of hydrogen-bond donors (Lipinski definition) is 1. The summed E-state index contributed by atoms with van der Waals surface area (Å²) in [6, 6.07) is 16.0. The average molecular weight is 334 g/mol. The van der Waals surface area contributed by atoms with Gasteiger partial charge in [0, 0.05) is 17.0 Å². The molecule has 126 valence electrons. The highest BCUT2D eigenvalue weighted by molar-refractivity contribution is 5.88. The first-order chi connectivity index (χ1) is 12.1. The molecule has 0 spiro atoms. The monoisotopic (exact) mass is 334 g/mol. The molecule has 1 aromatic heterocycles. The van der Waals surface area contributed by atoms with E-state index in [4.69, 9.17) is 9.68 Å². The SMILES string of the molecule is C[NH+](CCC#N)Cc1cc(=O)oc2cc(-c3ccccc3)c([O-])cc12. The first kappa shape index (κ1) is 16.7. The molecule has 2 aromatic carbocycles. The van der Waals surface area contributed by atoms with Crippen LogP contribution in [0.3, 0.4) is 0 Å². The van der Waals surface area contributed by atoms with E-state index in [0.29, 0.717) is 36.0 Å². The van der Waals surface area contributed by atoms with Crippen molar-refractivity contribution in [2.24, 2.45) is 0 Å². The minimum atomic E-state index is -0.437. The van der Waals surface area contributed by atoms with Crippen LogP contribution in [0.4, 0.5) is 0 Å². The average Bonchev–Trinajstić information content (AvgIpc) is 2.61. The van der Waals surface area contributed by atoms with Crippen LogP contribution in [0.25, 0.3) is 22.1 Å². The molecule has 1 N–H and O–H groups in total. The number of nitrogens with zero attached hydrogens (tertiary/aromatic N) is 1. The Bertz CT molecular complexity index is 987. The Kier molecular flexibility index (Phi) is 4.82. The third kappa shape index (κ3) is 3.70. The molecule has 0 saturated carbocycles. The largest absolute Gasteiger partial charge is 0.872 e. The predicted molar refractivity (Wildman–Crippen MR) is 93.1 cm³/mol. The molecule has 0 saturated heterocycles. The maximum atomic E-state index is 12.6. The van der Waals surface area contributed by atoms with Gasteiger partial charge in [-0.25, -0.2) is 4.79 Å². The van der Waals surface area contributed by atoms with E-state index in [2.05, 4.69) is 6.07 Å². The smallest absolute Gasteiger partial charge is 0.336 e. The van der Waals surface area contributed by atoms with E-state index >= 15 is 0 Å². The lowest BCUT2D eigenvalue weighted by Crippen LogP contribution is -3.07. The minimum absolute atomic E-state index is 0.108. The molecule has 0 bridgehead atoms. The van der Waals surface area contributed by atoms with Gasteiger partial charge in [-0.05, 0) is 17.2 Å². The second kappa shape index (κ2) is 7.20. The van der Waals surface area contributed by atoms with Crippen molar-refractivity contribution >= 4 is 11.0 Å². The molecule has 5 nitrogen and oxygen atoms in total. The molecule has 1 heterocycles. The van der Waals surface area contributed by atoms with E-state index in [1.54, 1.807) is 6.07 Å². The van der Waals surface area contributed by atoms with Gasteiger partial charge >= 0.3 is 5.63 Å². The summed E-state index contributed by atoms with van der Waals surface area (Å²) >= 11 is 0. The Hall–Kier alpha value is -3.10. The van der Waals surface area contributed by atoms with Crippen molar-refractivity contribution in [2.75, 3.05) is 13.6 Å². The molecule has 3 rings (SSSR count). The van der Waals surface area contributed by atoms with E-state index < -0.39 is 5.63 Å². The molecular formula is C20H18N2O3. The summed E-state index contributed by atoms with van der Waals surface area (Å²) in [4.78, 5) is 13.0. The Morgan fingerprint density at radius 2 is 1.96 bits per heavy atom. The van der Waals surface area contributed by atoms with Gasteiger partial charge in [-0.15, -0.1) is 5.75 Å². The van der Waals surface area contributed by atoms with Crippen molar-refractivity contribution in [1.29, 1.82) is 5.26 Å². The number of nitriles is 1. The van der Waals surface area contributed by atoms with Crippen molar-refractivity contribution in [3.63, 3.8) is 0 Å². The van der Waals surface area contributed by atoms with Crippen LogP contribution < -0.4 is 15.6 Å². The molecule has 3 aromatic rings. The lowest BCUT2D eigenvalue weighted by atomic mass is 10.0. The molecule has 1 unspecified atom stereocenters. The first-order valence-corrected chi connectivity index (χ1v) is 8.10. The Morgan fingerprint density at radius 3 is 2.68 bits per heavy atom. The van der Waals surface area contributed by atoms with Crippen molar-refractivity contribution < 1.29 is 14.4 Å². The first-order valence-electron chi connectivity index (χ1n) is 8.10. The fourth-order valence-electron chi connectivity index (χ4n) is 2.93. The van der Waals surface area contributed by atoms with Gasteiger partial charge in [-0.1, -0.05) is 36.4 Å². The van der Waals surface area contributed by atoms with E-state index in [-0.39, 0.29) is 5.75 Å². The van der Waals surface area contributed by atoms with Crippen LogP contribution in [-0.2, 0) is 6.54 Å². The van der Waals surface area contributed by atoms with Gasteiger partial charge in [0.25, 0.3) is 0 Å². The van der Waals surface area contributed by atoms with Crippen LogP contribution >= 0.6 is 0 Å². The van der Waals surface area contributed by atoms with E-state index in [1.165, 1.54) is 12.1 Å². The summed E-state index contributed by atoms with van der Waals surface area (Å²) in [6.45, 7) is 1.22. The van der Waals surface area contributed by atoms with Crippen LogP contribution in [0, 0.1) is 11.3 Å². The maximum absolute atomic E-state index is 12.6. The number of fused-ring (bicyclic) bond motifs is 1. The highest BCUT2D eigenvalue weighted by atomic mass is 16.4. The number of quaternary nitrogens is 1. The molecule has 0 amide bonds. The molecule has 0 fully saturated rings. The number of nitrogens with one attached hydrogen (secondary N) is 1. The van der Waals surface area contributed by atoms with Crippen molar-refractivity contribution in [3.8, 4) is 22.9 Å². The summed E-state index contributed by atoms with van der Waals surface area (Å²) in [7, 11) is 1.95. The second-order valence-electron chi connectivity index (χ2n) is 6.09. The van der Waals surface area contributed by atoms with Crippen LogP contribution in [0.5, 0.6) is 5.75 Å². The summed E-state index contributed by atoms with van der Waals surface area (Å²) in [5, 5.41) is 21.9. The third-order valence-corrected chi connectivity index (χ3v) is 4.17. The third-order valence-electron chi connectivity index (χ3n) is 4.17. The Morgan fingerprint density at radius 1 is 1.20 bits per heavy atom. The highest BCUT2D eigenvalue weighted by Crippen LogP contribution is 2.32. The predicted octanol–water partition coefficient (Wildman–Crippen LogP) is 1.46. The summed E-state index contributed by atoms with van der Waals surface area (Å²) in [6.07, 6.45) is 0.441. The topological polar surface area (TPSA) is 81.5 Å². The van der Waals surface area contributed by atoms with Crippen molar-refractivity contribution in [1.82, 2.24) is 0 Å². The fraction of sp³-hybridized carbons (Fsp3) is 0.200. The summed E-state index contributed by atoms with van der Waals surface area (Å²) in [5.74, 6) is -0.108. The summed E-state index contributed by atoms with van der Waals surface area (Å²) < 4.78 is 5.33. The number of hydrogen-bond acceptors (Lipinski definition) is 4. The number of benzene rings is 2. The fourth-order valence-corrected chi connectivity index (χ4v) is 2.93. The van der Waals surface area contributed by atoms with Crippen molar-refractivity contribution in [3.05, 3.63) is 64.5 Å².